The third kappa shape index (κ3) is 2.95. The molecule has 1 N–H and O–H groups in total. The van der Waals surface area contributed by atoms with E-state index in [1.807, 2.05) is 6.07 Å². The first-order valence-corrected chi connectivity index (χ1v) is 5.84. The number of aliphatic carboxylic acids is 1. The number of carboxylic acid groups (broad SMARTS) is 1. The van der Waals surface area contributed by atoms with Gasteiger partial charge in [0.25, 0.3) is 0 Å². The fourth-order valence-electron chi connectivity index (χ4n) is 1.58. The van der Waals surface area contributed by atoms with Crippen LogP contribution in [0.2, 0.25) is 0 Å². The SMILES string of the molecule is O=C(O)CC1(COc2cncc(Br)c2)CC1. The smallest absolute Gasteiger partial charge is 0.304 e. The van der Waals surface area contributed by atoms with Gasteiger partial charge in [-0.05, 0) is 34.8 Å². The van der Waals surface area contributed by atoms with E-state index in [4.69, 9.17) is 9.84 Å². The van der Waals surface area contributed by atoms with Crippen LogP contribution in [0.4, 0.5) is 0 Å². The number of carboxylic acids is 1. The van der Waals surface area contributed by atoms with Gasteiger partial charge in [-0.1, -0.05) is 0 Å². The van der Waals surface area contributed by atoms with Crippen molar-refractivity contribution < 1.29 is 14.6 Å². The predicted octanol–water partition coefficient (Wildman–Crippen LogP) is 2.48. The Morgan fingerprint density at radius 2 is 2.31 bits per heavy atom. The van der Waals surface area contributed by atoms with Crippen LogP contribution in [0.25, 0.3) is 0 Å². The van der Waals surface area contributed by atoms with Crippen molar-refractivity contribution >= 4 is 21.9 Å². The molecular weight excluding hydrogens is 274 g/mol. The summed E-state index contributed by atoms with van der Waals surface area (Å²) in [6.45, 7) is 0.456. The number of aromatic nitrogens is 1. The number of pyridine rings is 1. The fourth-order valence-corrected chi connectivity index (χ4v) is 1.92. The van der Waals surface area contributed by atoms with Gasteiger partial charge in [-0.3, -0.25) is 9.78 Å². The number of rotatable bonds is 5. The van der Waals surface area contributed by atoms with E-state index in [1.54, 1.807) is 12.4 Å². The minimum absolute atomic E-state index is 0.145. The first-order chi connectivity index (χ1) is 7.60. The summed E-state index contributed by atoms with van der Waals surface area (Å²) in [7, 11) is 0. The zero-order valence-electron chi connectivity index (χ0n) is 8.65. The average molecular weight is 286 g/mol. The van der Waals surface area contributed by atoms with Crippen molar-refractivity contribution in [1.29, 1.82) is 0 Å². The van der Waals surface area contributed by atoms with Crippen LogP contribution in [0.15, 0.2) is 22.9 Å². The third-order valence-electron chi connectivity index (χ3n) is 2.71. The van der Waals surface area contributed by atoms with Crippen molar-refractivity contribution in [3.05, 3.63) is 22.9 Å². The van der Waals surface area contributed by atoms with E-state index in [-0.39, 0.29) is 11.8 Å². The second-order valence-electron chi connectivity index (χ2n) is 4.20. The molecule has 1 aromatic heterocycles. The highest BCUT2D eigenvalue weighted by Crippen LogP contribution is 2.48. The molecule has 1 aliphatic rings. The molecule has 1 aromatic rings. The minimum Gasteiger partial charge on any atom is -0.491 e. The van der Waals surface area contributed by atoms with E-state index in [2.05, 4.69) is 20.9 Å². The summed E-state index contributed by atoms with van der Waals surface area (Å²) < 4.78 is 6.41. The van der Waals surface area contributed by atoms with Crippen molar-refractivity contribution in [2.24, 2.45) is 5.41 Å². The lowest BCUT2D eigenvalue weighted by Crippen LogP contribution is -2.17. The lowest BCUT2D eigenvalue weighted by molar-refractivity contribution is -0.138. The largest absolute Gasteiger partial charge is 0.491 e. The van der Waals surface area contributed by atoms with Gasteiger partial charge in [0.1, 0.15) is 5.75 Å². The fraction of sp³-hybridized carbons (Fsp3) is 0.455. The summed E-state index contributed by atoms with van der Waals surface area (Å²) in [5.74, 6) is -0.0838. The van der Waals surface area contributed by atoms with E-state index >= 15 is 0 Å². The number of ether oxygens (including phenoxy) is 1. The molecule has 0 radical (unpaired) electrons. The van der Waals surface area contributed by atoms with Gasteiger partial charge in [0.15, 0.2) is 0 Å². The maximum Gasteiger partial charge on any atom is 0.304 e. The molecule has 86 valence electrons. The maximum absolute atomic E-state index is 10.6. The number of hydrogen-bond donors (Lipinski definition) is 1. The van der Waals surface area contributed by atoms with Crippen LogP contribution in [0.5, 0.6) is 5.75 Å². The first-order valence-electron chi connectivity index (χ1n) is 5.05. The quantitative estimate of drug-likeness (QED) is 0.903. The van der Waals surface area contributed by atoms with Gasteiger partial charge >= 0.3 is 5.97 Å². The van der Waals surface area contributed by atoms with E-state index < -0.39 is 5.97 Å². The molecule has 0 atom stereocenters. The highest BCUT2D eigenvalue weighted by Gasteiger charge is 2.45. The van der Waals surface area contributed by atoms with E-state index in [0.29, 0.717) is 12.4 Å². The average Bonchev–Trinajstić information content (AvgIpc) is 2.95. The molecule has 0 saturated heterocycles. The molecule has 0 spiro atoms. The molecule has 4 nitrogen and oxygen atoms in total. The van der Waals surface area contributed by atoms with Gasteiger partial charge < -0.3 is 9.84 Å². The molecule has 0 aromatic carbocycles. The molecule has 16 heavy (non-hydrogen) atoms. The zero-order chi connectivity index (χ0) is 11.6. The lowest BCUT2D eigenvalue weighted by Gasteiger charge is -2.13. The van der Waals surface area contributed by atoms with Crippen LogP contribution in [-0.2, 0) is 4.79 Å². The molecule has 0 aliphatic heterocycles. The van der Waals surface area contributed by atoms with E-state index in [0.717, 1.165) is 17.3 Å². The monoisotopic (exact) mass is 285 g/mol. The minimum atomic E-state index is -0.756. The Morgan fingerprint density at radius 1 is 1.56 bits per heavy atom. The van der Waals surface area contributed by atoms with Crippen LogP contribution in [0, 0.1) is 5.41 Å². The van der Waals surface area contributed by atoms with Crippen molar-refractivity contribution in [2.75, 3.05) is 6.61 Å². The summed E-state index contributed by atoms with van der Waals surface area (Å²) in [6.07, 6.45) is 5.36. The van der Waals surface area contributed by atoms with Crippen LogP contribution < -0.4 is 4.74 Å². The van der Waals surface area contributed by atoms with Crippen molar-refractivity contribution in [2.45, 2.75) is 19.3 Å². The van der Waals surface area contributed by atoms with Crippen LogP contribution >= 0.6 is 15.9 Å². The van der Waals surface area contributed by atoms with Gasteiger partial charge in [-0.2, -0.15) is 0 Å². The second kappa shape index (κ2) is 4.41. The Labute approximate surface area is 102 Å². The standard InChI is InChI=1S/C11H12BrNO3/c12-8-3-9(6-13-5-8)16-7-11(1-2-11)4-10(14)15/h3,5-6H,1-2,4,7H2,(H,14,15). The van der Waals surface area contributed by atoms with Gasteiger partial charge in [0, 0.05) is 16.1 Å². The molecule has 0 amide bonds. The Hall–Kier alpha value is -1.10. The number of halogens is 1. The highest BCUT2D eigenvalue weighted by atomic mass is 79.9. The van der Waals surface area contributed by atoms with Gasteiger partial charge in [-0.15, -0.1) is 0 Å². The highest BCUT2D eigenvalue weighted by molar-refractivity contribution is 9.10. The molecular formula is C11H12BrNO3. The molecule has 1 fully saturated rings. The topological polar surface area (TPSA) is 59.4 Å². The number of nitrogens with zero attached hydrogens (tertiary/aromatic N) is 1. The molecule has 2 rings (SSSR count). The Bertz CT molecular complexity index is 404. The van der Waals surface area contributed by atoms with E-state index in [1.165, 1.54) is 0 Å². The Morgan fingerprint density at radius 3 is 2.88 bits per heavy atom. The van der Waals surface area contributed by atoms with Gasteiger partial charge in [0.2, 0.25) is 0 Å². The predicted molar refractivity (Wildman–Crippen MR) is 61.4 cm³/mol. The summed E-state index contributed by atoms with van der Waals surface area (Å²) in [4.78, 5) is 14.6. The normalized spacial score (nSPS) is 16.8. The van der Waals surface area contributed by atoms with E-state index in [9.17, 15) is 4.79 Å². The van der Waals surface area contributed by atoms with Crippen molar-refractivity contribution in [1.82, 2.24) is 4.98 Å². The summed E-state index contributed by atoms with van der Waals surface area (Å²) in [5.41, 5.74) is -0.145. The van der Waals surface area contributed by atoms with Crippen LogP contribution in [0.3, 0.4) is 0 Å². The number of carbonyl (C=O) groups is 1. The van der Waals surface area contributed by atoms with Crippen LogP contribution in [0.1, 0.15) is 19.3 Å². The van der Waals surface area contributed by atoms with Crippen molar-refractivity contribution in [3.63, 3.8) is 0 Å². The maximum atomic E-state index is 10.6. The molecule has 1 heterocycles. The van der Waals surface area contributed by atoms with Gasteiger partial charge in [-0.25, -0.2) is 0 Å². The Kier molecular flexibility index (Phi) is 3.14. The summed E-state index contributed by atoms with van der Waals surface area (Å²) in [5, 5.41) is 8.76. The Balaban J connectivity index is 1.90. The first kappa shape index (κ1) is 11.4. The number of hydrogen-bond acceptors (Lipinski definition) is 3. The van der Waals surface area contributed by atoms with Gasteiger partial charge in [0.05, 0.1) is 19.2 Å². The molecule has 1 saturated carbocycles. The summed E-state index contributed by atoms with van der Waals surface area (Å²) >= 11 is 3.30. The zero-order valence-corrected chi connectivity index (χ0v) is 10.2. The molecule has 1 aliphatic carbocycles. The molecule has 0 bridgehead atoms. The molecule has 5 heteroatoms. The van der Waals surface area contributed by atoms with Crippen LogP contribution in [-0.4, -0.2) is 22.7 Å². The lowest BCUT2D eigenvalue weighted by atomic mass is 10.0. The third-order valence-corrected chi connectivity index (χ3v) is 3.14. The second-order valence-corrected chi connectivity index (χ2v) is 5.11. The molecule has 0 unspecified atom stereocenters. The summed E-state index contributed by atoms with van der Waals surface area (Å²) in [6, 6.07) is 1.82. The van der Waals surface area contributed by atoms with Crippen molar-refractivity contribution in [3.8, 4) is 5.75 Å².